The van der Waals surface area contributed by atoms with Crippen molar-refractivity contribution in [2.75, 3.05) is 6.54 Å². The third-order valence-corrected chi connectivity index (χ3v) is 4.67. The van der Waals surface area contributed by atoms with E-state index in [0.29, 0.717) is 11.5 Å². The van der Waals surface area contributed by atoms with Gasteiger partial charge in [0.05, 0.1) is 11.3 Å². The van der Waals surface area contributed by atoms with E-state index >= 15 is 0 Å². The van der Waals surface area contributed by atoms with Crippen molar-refractivity contribution in [2.45, 2.75) is 37.0 Å². The Balaban J connectivity index is 1.68. The molecule has 3 N–H and O–H groups in total. The van der Waals surface area contributed by atoms with E-state index in [1.807, 2.05) is 0 Å². The molecule has 0 aliphatic carbocycles. The Hall–Kier alpha value is -2.79. The Labute approximate surface area is 155 Å². The van der Waals surface area contributed by atoms with Crippen LogP contribution in [0.1, 0.15) is 31.2 Å². The molecule has 1 saturated heterocycles. The monoisotopic (exact) mass is 397 g/mol. The number of hydrogen-bond donors (Lipinski definition) is 2. The van der Waals surface area contributed by atoms with Crippen LogP contribution in [0.3, 0.4) is 0 Å². The van der Waals surface area contributed by atoms with Crippen molar-refractivity contribution in [1.29, 1.82) is 0 Å². The lowest BCUT2D eigenvalue weighted by molar-refractivity contribution is -0.197. The number of nitrogens with two attached hydrogens (primary N) is 1. The topological polar surface area (TPSA) is 153 Å². The number of primary sulfonamides is 1. The average Bonchev–Trinajstić information content (AvgIpc) is 2.91. The minimum Gasteiger partial charge on any atom is -0.356 e. The van der Waals surface area contributed by atoms with Gasteiger partial charge in [-0.05, 0) is 24.1 Å². The van der Waals surface area contributed by atoms with Crippen molar-refractivity contribution in [3.8, 4) is 0 Å². The fourth-order valence-electron chi connectivity index (χ4n) is 2.30. The van der Waals surface area contributed by atoms with Crippen LogP contribution in [0.25, 0.3) is 0 Å². The number of rotatable bonds is 8. The van der Waals surface area contributed by atoms with Gasteiger partial charge in [0.25, 0.3) is 11.8 Å². The van der Waals surface area contributed by atoms with Gasteiger partial charge in [-0.25, -0.2) is 18.4 Å². The van der Waals surface area contributed by atoms with Gasteiger partial charge in [0.15, 0.2) is 0 Å². The van der Waals surface area contributed by atoms with E-state index in [1.165, 1.54) is 12.1 Å². The number of hydrogen-bond acceptors (Lipinski definition) is 7. The molecule has 1 aliphatic rings. The van der Waals surface area contributed by atoms with Crippen molar-refractivity contribution in [3.05, 3.63) is 29.8 Å². The van der Waals surface area contributed by atoms with E-state index in [9.17, 15) is 27.6 Å². The third kappa shape index (κ3) is 6.15. The van der Waals surface area contributed by atoms with Gasteiger partial charge in [0.1, 0.15) is 0 Å². The standard InChI is InChI=1S/C16H19N3O7S/c17-27(24,25)12-3-1-11(2-4-12)9-10-18-13(20)5-8-16(23)26-19-14(21)6-7-15(19)22/h1-4H,5-10H2,(H,18,20)(H2,17,24,25). The summed E-state index contributed by atoms with van der Waals surface area (Å²) in [5.41, 5.74) is 0.799. The lowest BCUT2D eigenvalue weighted by Crippen LogP contribution is -2.32. The smallest absolute Gasteiger partial charge is 0.333 e. The van der Waals surface area contributed by atoms with E-state index in [4.69, 9.17) is 5.14 Å². The number of sulfonamides is 1. The Morgan fingerprint density at radius 3 is 2.22 bits per heavy atom. The molecule has 0 atom stereocenters. The van der Waals surface area contributed by atoms with Crippen molar-refractivity contribution < 1.29 is 32.4 Å². The molecular weight excluding hydrogens is 378 g/mol. The molecule has 146 valence electrons. The molecule has 0 saturated carbocycles. The summed E-state index contributed by atoms with van der Waals surface area (Å²) in [5.74, 6) is -2.39. The molecule has 11 heteroatoms. The van der Waals surface area contributed by atoms with Crippen LogP contribution in [0.15, 0.2) is 29.2 Å². The highest BCUT2D eigenvalue weighted by Crippen LogP contribution is 2.13. The first-order chi connectivity index (χ1) is 12.7. The number of carbonyl (C=O) groups excluding carboxylic acids is 4. The summed E-state index contributed by atoms with van der Waals surface area (Å²) in [6, 6.07) is 5.94. The lowest BCUT2D eigenvalue weighted by Gasteiger charge is -2.12. The van der Waals surface area contributed by atoms with Gasteiger partial charge in [-0.15, -0.1) is 5.06 Å². The normalized spacial score (nSPS) is 14.3. The molecule has 3 amide bonds. The molecule has 27 heavy (non-hydrogen) atoms. The van der Waals surface area contributed by atoms with E-state index < -0.39 is 33.7 Å². The van der Waals surface area contributed by atoms with E-state index in [0.717, 1.165) is 5.56 Å². The second-order valence-electron chi connectivity index (χ2n) is 5.83. The highest BCUT2D eigenvalue weighted by Gasteiger charge is 2.32. The quantitative estimate of drug-likeness (QED) is 0.554. The Morgan fingerprint density at radius 1 is 1.07 bits per heavy atom. The SMILES string of the molecule is NS(=O)(=O)c1ccc(CCNC(=O)CCC(=O)ON2C(=O)CCC2=O)cc1. The van der Waals surface area contributed by atoms with Crippen LogP contribution < -0.4 is 10.5 Å². The number of carbonyl (C=O) groups is 4. The molecule has 10 nitrogen and oxygen atoms in total. The molecule has 0 bridgehead atoms. The van der Waals surface area contributed by atoms with Gasteiger partial charge in [-0.3, -0.25) is 14.4 Å². The maximum atomic E-state index is 11.7. The molecule has 0 aromatic heterocycles. The predicted molar refractivity (Wildman–Crippen MR) is 90.9 cm³/mol. The number of imide groups is 1. The molecule has 1 aromatic carbocycles. The number of benzene rings is 1. The molecule has 2 rings (SSSR count). The van der Waals surface area contributed by atoms with Crippen LogP contribution in [0.5, 0.6) is 0 Å². The Morgan fingerprint density at radius 2 is 1.67 bits per heavy atom. The molecule has 1 aliphatic heterocycles. The molecule has 1 heterocycles. The summed E-state index contributed by atoms with van der Waals surface area (Å²) in [5, 5.41) is 8.05. The summed E-state index contributed by atoms with van der Waals surface area (Å²) < 4.78 is 22.3. The second kappa shape index (κ2) is 8.73. The fourth-order valence-corrected chi connectivity index (χ4v) is 2.82. The first kappa shape index (κ1) is 20.5. The summed E-state index contributed by atoms with van der Waals surface area (Å²) in [7, 11) is -3.74. The maximum absolute atomic E-state index is 11.7. The Kier molecular flexibility index (Phi) is 6.64. The molecular formula is C16H19N3O7S. The van der Waals surface area contributed by atoms with Gasteiger partial charge in [-0.2, -0.15) is 0 Å². The number of nitrogens with zero attached hydrogens (tertiary/aromatic N) is 1. The maximum Gasteiger partial charge on any atom is 0.333 e. The average molecular weight is 397 g/mol. The first-order valence-corrected chi connectivity index (χ1v) is 9.66. The highest BCUT2D eigenvalue weighted by atomic mass is 32.2. The zero-order chi connectivity index (χ0) is 20.0. The predicted octanol–water partition coefficient (Wildman–Crippen LogP) is -0.620. The van der Waals surface area contributed by atoms with Crippen LogP contribution >= 0.6 is 0 Å². The van der Waals surface area contributed by atoms with Crippen LogP contribution in [-0.4, -0.2) is 43.7 Å². The van der Waals surface area contributed by atoms with Crippen molar-refractivity contribution in [2.24, 2.45) is 5.14 Å². The molecule has 0 radical (unpaired) electrons. The fraction of sp³-hybridized carbons (Fsp3) is 0.375. The minimum atomic E-state index is -3.74. The molecule has 1 fully saturated rings. The summed E-state index contributed by atoms with van der Waals surface area (Å²) in [4.78, 5) is 50.6. The zero-order valence-corrected chi connectivity index (χ0v) is 15.2. The van der Waals surface area contributed by atoms with Crippen LogP contribution in [0.2, 0.25) is 0 Å². The largest absolute Gasteiger partial charge is 0.356 e. The van der Waals surface area contributed by atoms with Crippen molar-refractivity contribution in [1.82, 2.24) is 10.4 Å². The van der Waals surface area contributed by atoms with Gasteiger partial charge >= 0.3 is 5.97 Å². The van der Waals surface area contributed by atoms with Gasteiger partial charge in [0, 0.05) is 25.8 Å². The molecule has 0 spiro atoms. The first-order valence-electron chi connectivity index (χ1n) is 8.12. The summed E-state index contributed by atoms with van der Waals surface area (Å²) in [6.45, 7) is 0.283. The van der Waals surface area contributed by atoms with Crippen molar-refractivity contribution in [3.63, 3.8) is 0 Å². The highest BCUT2D eigenvalue weighted by molar-refractivity contribution is 7.89. The van der Waals surface area contributed by atoms with Gasteiger partial charge in [-0.1, -0.05) is 12.1 Å². The molecule has 1 aromatic rings. The van der Waals surface area contributed by atoms with E-state index in [2.05, 4.69) is 10.2 Å². The van der Waals surface area contributed by atoms with E-state index in [1.54, 1.807) is 12.1 Å². The zero-order valence-electron chi connectivity index (χ0n) is 14.3. The number of amides is 3. The lowest BCUT2D eigenvalue weighted by atomic mass is 10.1. The number of hydroxylamine groups is 2. The second-order valence-corrected chi connectivity index (χ2v) is 7.40. The minimum absolute atomic E-state index is 0.00348. The van der Waals surface area contributed by atoms with Gasteiger partial charge < -0.3 is 10.2 Å². The van der Waals surface area contributed by atoms with Crippen LogP contribution in [0.4, 0.5) is 0 Å². The van der Waals surface area contributed by atoms with Crippen LogP contribution in [-0.2, 0) is 40.5 Å². The molecule has 0 unspecified atom stereocenters. The summed E-state index contributed by atoms with van der Waals surface area (Å²) >= 11 is 0. The third-order valence-electron chi connectivity index (χ3n) is 3.74. The van der Waals surface area contributed by atoms with E-state index in [-0.39, 0.29) is 37.1 Å². The van der Waals surface area contributed by atoms with Crippen LogP contribution in [0, 0.1) is 0 Å². The Bertz CT molecular complexity index is 833. The van der Waals surface area contributed by atoms with Crippen molar-refractivity contribution >= 4 is 33.7 Å². The summed E-state index contributed by atoms with van der Waals surface area (Å²) in [6.07, 6.45) is 0.0405. The van der Waals surface area contributed by atoms with Gasteiger partial charge in [0.2, 0.25) is 15.9 Å². The number of nitrogens with one attached hydrogen (secondary N) is 1.